The summed E-state index contributed by atoms with van der Waals surface area (Å²) in [5, 5.41) is 5.22. The van der Waals surface area contributed by atoms with E-state index in [0.29, 0.717) is 0 Å². The summed E-state index contributed by atoms with van der Waals surface area (Å²) < 4.78 is 1.79. The maximum absolute atomic E-state index is 6.36. The summed E-state index contributed by atoms with van der Waals surface area (Å²) in [6, 6.07) is 0.797. The largest absolute Gasteiger partial charge is 0.303 e. The monoisotopic (exact) mass is 296 g/mol. The molecule has 1 aromatic heterocycles. The second-order valence-electron chi connectivity index (χ2n) is 6.45. The van der Waals surface area contributed by atoms with E-state index in [1.54, 1.807) is 4.68 Å². The Labute approximate surface area is 126 Å². The van der Waals surface area contributed by atoms with Crippen LogP contribution in [0, 0.1) is 12.8 Å². The van der Waals surface area contributed by atoms with E-state index < -0.39 is 0 Å². The molecule has 2 saturated heterocycles. The predicted octanol–water partition coefficient (Wildman–Crippen LogP) is 2.30. The van der Waals surface area contributed by atoms with Crippen molar-refractivity contribution in [1.82, 2.24) is 19.6 Å². The Hall–Kier alpha value is -0.580. The van der Waals surface area contributed by atoms with E-state index in [9.17, 15) is 0 Å². The molecule has 0 aromatic carbocycles. The Balaban J connectivity index is 1.68. The minimum atomic E-state index is 0.797. The molecule has 2 unspecified atom stereocenters. The van der Waals surface area contributed by atoms with E-state index in [-0.39, 0.29) is 0 Å². The summed E-state index contributed by atoms with van der Waals surface area (Å²) in [5.74, 6) is 0.832. The van der Waals surface area contributed by atoms with E-state index in [4.69, 9.17) is 11.6 Å². The molecule has 0 radical (unpaired) electrons. The first-order chi connectivity index (χ1) is 9.56. The standard InChI is InChI=1S/C15H25ClN4/c1-11-13(15(16)19(3)17-11)10-20-8-6-14-12(9-20)5-4-7-18(14)2/h12,14H,4-10H2,1-3H3. The van der Waals surface area contributed by atoms with Gasteiger partial charge in [0.15, 0.2) is 0 Å². The molecule has 20 heavy (non-hydrogen) atoms. The second kappa shape index (κ2) is 5.66. The number of piperidine rings is 2. The van der Waals surface area contributed by atoms with Crippen molar-refractivity contribution in [3.63, 3.8) is 0 Å². The van der Waals surface area contributed by atoms with Gasteiger partial charge in [-0.25, -0.2) is 0 Å². The van der Waals surface area contributed by atoms with Crippen LogP contribution in [0.2, 0.25) is 5.15 Å². The predicted molar refractivity (Wildman–Crippen MR) is 82.0 cm³/mol. The molecule has 3 rings (SSSR count). The third-order valence-corrected chi connectivity index (χ3v) is 5.55. The van der Waals surface area contributed by atoms with E-state index in [1.807, 2.05) is 7.05 Å². The Morgan fingerprint density at radius 2 is 2.05 bits per heavy atom. The van der Waals surface area contributed by atoms with Crippen LogP contribution >= 0.6 is 11.6 Å². The third kappa shape index (κ3) is 2.61. The lowest BCUT2D eigenvalue weighted by Crippen LogP contribution is -2.52. The molecule has 2 aliphatic heterocycles. The molecule has 0 N–H and O–H groups in total. The summed E-state index contributed by atoms with van der Waals surface area (Å²) in [4.78, 5) is 5.13. The number of halogens is 1. The van der Waals surface area contributed by atoms with Crippen LogP contribution < -0.4 is 0 Å². The molecule has 0 aliphatic carbocycles. The Kier molecular flexibility index (Phi) is 4.07. The molecule has 2 aliphatic rings. The molecule has 2 fully saturated rings. The fraction of sp³-hybridized carbons (Fsp3) is 0.800. The highest BCUT2D eigenvalue weighted by Crippen LogP contribution is 2.31. The Bertz CT molecular complexity index is 484. The van der Waals surface area contributed by atoms with Gasteiger partial charge >= 0.3 is 0 Å². The van der Waals surface area contributed by atoms with Crippen LogP contribution in [0.25, 0.3) is 0 Å². The summed E-state index contributed by atoms with van der Waals surface area (Å²) in [5.41, 5.74) is 2.28. The van der Waals surface area contributed by atoms with Crippen LogP contribution in [0.1, 0.15) is 30.5 Å². The fourth-order valence-electron chi connectivity index (χ4n) is 3.95. The lowest BCUT2D eigenvalue weighted by Gasteiger charge is -2.46. The number of fused-ring (bicyclic) bond motifs is 1. The first-order valence-corrected chi connectivity index (χ1v) is 8.04. The molecule has 3 heterocycles. The zero-order valence-corrected chi connectivity index (χ0v) is 13.5. The molecule has 4 nitrogen and oxygen atoms in total. The Morgan fingerprint density at radius 1 is 1.25 bits per heavy atom. The average molecular weight is 297 g/mol. The van der Waals surface area contributed by atoms with Gasteiger partial charge in [0, 0.05) is 31.7 Å². The average Bonchev–Trinajstić information content (AvgIpc) is 2.66. The summed E-state index contributed by atoms with van der Waals surface area (Å²) >= 11 is 6.36. The number of likely N-dealkylation sites (tertiary alicyclic amines) is 2. The van der Waals surface area contributed by atoms with Crippen molar-refractivity contribution in [3.8, 4) is 0 Å². The highest BCUT2D eigenvalue weighted by Gasteiger charge is 2.34. The molecule has 0 amide bonds. The SMILES string of the molecule is Cc1nn(C)c(Cl)c1CN1CCC2C(CCCN2C)C1. The summed E-state index contributed by atoms with van der Waals surface area (Å²) in [6.07, 6.45) is 4.02. The molecular weight excluding hydrogens is 272 g/mol. The van der Waals surface area contributed by atoms with Crippen LogP contribution in [0.3, 0.4) is 0 Å². The van der Waals surface area contributed by atoms with Crippen LogP contribution in [0.4, 0.5) is 0 Å². The highest BCUT2D eigenvalue weighted by atomic mass is 35.5. The lowest BCUT2D eigenvalue weighted by molar-refractivity contribution is 0.0354. The maximum atomic E-state index is 6.36. The quantitative estimate of drug-likeness (QED) is 0.837. The number of aryl methyl sites for hydroxylation is 2. The van der Waals surface area contributed by atoms with Gasteiger partial charge in [0.05, 0.1) is 5.69 Å². The first kappa shape index (κ1) is 14.4. The van der Waals surface area contributed by atoms with Gasteiger partial charge in [-0.3, -0.25) is 9.58 Å². The number of hydrogen-bond donors (Lipinski definition) is 0. The van der Waals surface area contributed by atoms with Gasteiger partial charge in [0.2, 0.25) is 0 Å². The second-order valence-corrected chi connectivity index (χ2v) is 6.81. The lowest BCUT2D eigenvalue weighted by atomic mass is 9.84. The van der Waals surface area contributed by atoms with Crippen LogP contribution in [-0.4, -0.2) is 52.3 Å². The highest BCUT2D eigenvalue weighted by molar-refractivity contribution is 6.30. The first-order valence-electron chi connectivity index (χ1n) is 7.67. The normalized spacial score (nSPS) is 28.6. The molecular formula is C15H25ClN4. The van der Waals surface area contributed by atoms with Crippen molar-refractivity contribution in [3.05, 3.63) is 16.4 Å². The molecule has 1 aromatic rings. The summed E-state index contributed by atoms with van der Waals surface area (Å²) in [7, 11) is 4.20. The van der Waals surface area contributed by atoms with Gasteiger partial charge in [-0.05, 0) is 52.2 Å². The number of nitrogens with zero attached hydrogens (tertiary/aromatic N) is 4. The minimum absolute atomic E-state index is 0.797. The van der Waals surface area contributed by atoms with Crippen LogP contribution in [0.15, 0.2) is 0 Å². The molecule has 0 saturated carbocycles. The van der Waals surface area contributed by atoms with Crippen molar-refractivity contribution in [1.29, 1.82) is 0 Å². The van der Waals surface area contributed by atoms with Crippen molar-refractivity contribution in [2.45, 2.75) is 38.8 Å². The maximum Gasteiger partial charge on any atom is 0.131 e. The fourth-order valence-corrected chi connectivity index (χ4v) is 4.18. The van der Waals surface area contributed by atoms with Gasteiger partial charge < -0.3 is 4.90 Å². The zero-order valence-electron chi connectivity index (χ0n) is 12.8. The van der Waals surface area contributed by atoms with Crippen LogP contribution in [-0.2, 0) is 13.6 Å². The number of aromatic nitrogens is 2. The van der Waals surface area contributed by atoms with Crippen molar-refractivity contribution in [2.24, 2.45) is 13.0 Å². The van der Waals surface area contributed by atoms with Gasteiger partial charge in [0.1, 0.15) is 5.15 Å². The Morgan fingerprint density at radius 3 is 2.75 bits per heavy atom. The van der Waals surface area contributed by atoms with Gasteiger partial charge in [-0.1, -0.05) is 11.6 Å². The molecule has 5 heteroatoms. The molecule has 0 bridgehead atoms. The minimum Gasteiger partial charge on any atom is -0.303 e. The molecule has 0 spiro atoms. The van der Waals surface area contributed by atoms with E-state index in [2.05, 4.69) is 28.9 Å². The van der Waals surface area contributed by atoms with Gasteiger partial charge in [0.25, 0.3) is 0 Å². The number of hydrogen-bond acceptors (Lipinski definition) is 3. The summed E-state index contributed by atoms with van der Waals surface area (Å²) in [6.45, 7) is 6.67. The van der Waals surface area contributed by atoms with E-state index in [1.165, 1.54) is 44.5 Å². The zero-order chi connectivity index (χ0) is 14.3. The van der Waals surface area contributed by atoms with Crippen molar-refractivity contribution >= 4 is 11.6 Å². The molecule has 112 valence electrons. The van der Waals surface area contributed by atoms with Gasteiger partial charge in [-0.2, -0.15) is 5.10 Å². The number of rotatable bonds is 2. The van der Waals surface area contributed by atoms with Gasteiger partial charge in [-0.15, -0.1) is 0 Å². The molecule has 2 atom stereocenters. The van der Waals surface area contributed by atoms with E-state index >= 15 is 0 Å². The van der Waals surface area contributed by atoms with Crippen LogP contribution in [0.5, 0.6) is 0 Å². The van der Waals surface area contributed by atoms with E-state index in [0.717, 1.165) is 29.4 Å². The van der Waals surface area contributed by atoms with Crippen molar-refractivity contribution in [2.75, 3.05) is 26.7 Å². The topological polar surface area (TPSA) is 24.3 Å². The van der Waals surface area contributed by atoms with Crippen molar-refractivity contribution < 1.29 is 0 Å². The smallest absolute Gasteiger partial charge is 0.131 e. The third-order valence-electron chi connectivity index (χ3n) is 5.08.